The average Bonchev–Trinajstić information content (AvgIpc) is 2.06. The summed E-state index contributed by atoms with van der Waals surface area (Å²) in [5, 5.41) is 4.03. The van der Waals surface area contributed by atoms with Crippen LogP contribution >= 0.6 is 11.6 Å². The average molecular weight is 174 g/mol. The molecule has 0 spiro atoms. The zero-order chi connectivity index (χ0) is 7.68. The molecule has 0 radical (unpaired) electrons. The Morgan fingerprint density at radius 1 is 1.09 bits per heavy atom. The highest BCUT2D eigenvalue weighted by molar-refractivity contribution is 6.20. The third-order valence-corrected chi connectivity index (χ3v) is 3.65. The summed E-state index contributed by atoms with van der Waals surface area (Å²) in [6, 6.07) is 0.750. The minimum absolute atomic E-state index is 0.460. The molecule has 0 amide bonds. The first-order chi connectivity index (χ1) is 5.38. The molecule has 2 rings (SSSR count). The second-order valence-electron chi connectivity index (χ2n) is 3.81. The fraction of sp³-hybridized carbons (Fsp3) is 1.00. The van der Waals surface area contributed by atoms with Gasteiger partial charge in [-0.1, -0.05) is 12.8 Å². The van der Waals surface area contributed by atoms with Gasteiger partial charge in [-0.3, -0.25) is 0 Å². The quantitative estimate of drug-likeness (QED) is 0.554. The molecule has 0 aromatic carbocycles. The molecule has 1 aliphatic heterocycles. The minimum Gasteiger partial charge on any atom is -0.314 e. The third kappa shape index (κ3) is 1.54. The molecule has 64 valence electrons. The summed E-state index contributed by atoms with van der Waals surface area (Å²) < 4.78 is 0. The van der Waals surface area contributed by atoms with Crippen molar-refractivity contribution in [1.82, 2.24) is 5.32 Å². The lowest BCUT2D eigenvalue weighted by Gasteiger charge is -2.39. The minimum atomic E-state index is 0.460. The Hall–Kier alpha value is 0.250. The molecule has 1 nitrogen and oxygen atoms in total. The molecule has 1 N–H and O–H groups in total. The van der Waals surface area contributed by atoms with Crippen molar-refractivity contribution < 1.29 is 0 Å². The first-order valence-corrected chi connectivity index (χ1v) is 5.19. The predicted octanol–water partition coefficient (Wildman–Crippen LogP) is 2.15. The van der Waals surface area contributed by atoms with Crippen LogP contribution in [0.3, 0.4) is 0 Å². The zero-order valence-corrected chi connectivity index (χ0v) is 7.61. The van der Waals surface area contributed by atoms with Crippen molar-refractivity contribution in [2.45, 2.75) is 43.5 Å². The number of nitrogens with one attached hydrogen (secondary N) is 1. The van der Waals surface area contributed by atoms with E-state index in [1.54, 1.807) is 0 Å². The SMILES string of the molecule is Cl[C@H]1CCN[C@@H]2CCCC[C@@H]12. The highest BCUT2D eigenvalue weighted by atomic mass is 35.5. The van der Waals surface area contributed by atoms with E-state index >= 15 is 0 Å². The van der Waals surface area contributed by atoms with E-state index in [-0.39, 0.29) is 0 Å². The van der Waals surface area contributed by atoms with E-state index in [2.05, 4.69) is 5.32 Å². The maximum absolute atomic E-state index is 6.25. The van der Waals surface area contributed by atoms with Gasteiger partial charge in [-0.25, -0.2) is 0 Å². The van der Waals surface area contributed by atoms with Crippen LogP contribution in [0.2, 0.25) is 0 Å². The van der Waals surface area contributed by atoms with Crippen LogP contribution in [0.4, 0.5) is 0 Å². The number of piperidine rings is 1. The van der Waals surface area contributed by atoms with E-state index in [9.17, 15) is 0 Å². The molecule has 0 bridgehead atoms. The molecule has 1 saturated heterocycles. The Balaban J connectivity index is 1.99. The van der Waals surface area contributed by atoms with E-state index in [1.165, 1.54) is 32.1 Å². The first-order valence-electron chi connectivity index (χ1n) is 4.75. The number of halogens is 1. The van der Waals surface area contributed by atoms with Crippen LogP contribution in [0.25, 0.3) is 0 Å². The van der Waals surface area contributed by atoms with Crippen LogP contribution in [-0.2, 0) is 0 Å². The van der Waals surface area contributed by atoms with Gasteiger partial charge in [0, 0.05) is 11.4 Å². The van der Waals surface area contributed by atoms with E-state index in [4.69, 9.17) is 11.6 Å². The van der Waals surface area contributed by atoms with Gasteiger partial charge >= 0.3 is 0 Å². The maximum Gasteiger partial charge on any atom is 0.0391 e. The Morgan fingerprint density at radius 3 is 2.73 bits per heavy atom. The van der Waals surface area contributed by atoms with Crippen LogP contribution in [0, 0.1) is 5.92 Å². The second kappa shape index (κ2) is 3.32. The third-order valence-electron chi connectivity index (χ3n) is 3.11. The highest BCUT2D eigenvalue weighted by Crippen LogP contribution is 2.33. The van der Waals surface area contributed by atoms with Crippen molar-refractivity contribution >= 4 is 11.6 Å². The van der Waals surface area contributed by atoms with Gasteiger partial charge in [0.25, 0.3) is 0 Å². The van der Waals surface area contributed by atoms with Crippen LogP contribution in [-0.4, -0.2) is 18.0 Å². The van der Waals surface area contributed by atoms with Crippen molar-refractivity contribution in [3.05, 3.63) is 0 Å². The molecule has 3 atom stereocenters. The van der Waals surface area contributed by atoms with Gasteiger partial charge in [0.2, 0.25) is 0 Å². The first kappa shape index (κ1) is 7.88. The summed E-state index contributed by atoms with van der Waals surface area (Å²) >= 11 is 6.25. The van der Waals surface area contributed by atoms with Crippen molar-refractivity contribution in [1.29, 1.82) is 0 Å². The van der Waals surface area contributed by atoms with Crippen molar-refractivity contribution in [3.63, 3.8) is 0 Å². The van der Waals surface area contributed by atoms with Gasteiger partial charge in [0.05, 0.1) is 0 Å². The fourth-order valence-corrected chi connectivity index (χ4v) is 2.88. The molecule has 0 unspecified atom stereocenters. The summed E-state index contributed by atoms with van der Waals surface area (Å²) in [5.74, 6) is 0.777. The molecular formula is C9H16ClN. The molecule has 2 fully saturated rings. The van der Waals surface area contributed by atoms with Gasteiger partial charge in [0.15, 0.2) is 0 Å². The van der Waals surface area contributed by atoms with Gasteiger partial charge in [0.1, 0.15) is 0 Å². The van der Waals surface area contributed by atoms with Gasteiger partial charge in [-0.2, -0.15) is 0 Å². The normalized spacial score (nSPS) is 45.0. The van der Waals surface area contributed by atoms with Crippen LogP contribution < -0.4 is 5.32 Å². The number of alkyl halides is 1. The summed E-state index contributed by atoms with van der Waals surface area (Å²) in [6.07, 6.45) is 6.67. The Kier molecular flexibility index (Phi) is 2.38. The molecule has 1 aliphatic carbocycles. The van der Waals surface area contributed by atoms with Gasteiger partial charge < -0.3 is 5.32 Å². The Morgan fingerprint density at radius 2 is 1.91 bits per heavy atom. The topological polar surface area (TPSA) is 12.0 Å². The summed E-state index contributed by atoms with van der Waals surface area (Å²) in [4.78, 5) is 0. The van der Waals surface area contributed by atoms with E-state index < -0.39 is 0 Å². The summed E-state index contributed by atoms with van der Waals surface area (Å²) in [6.45, 7) is 1.13. The van der Waals surface area contributed by atoms with Crippen LogP contribution in [0.15, 0.2) is 0 Å². The van der Waals surface area contributed by atoms with Crippen LogP contribution in [0.5, 0.6) is 0 Å². The smallest absolute Gasteiger partial charge is 0.0391 e. The maximum atomic E-state index is 6.25. The molecule has 2 heteroatoms. The largest absolute Gasteiger partial charge is 0.314 e. The Labute approximate surface area is 73.5 Å². The molecule has 11 heavy (non-hydrogen) atoms. The molecule has 0 aromatic heterocycles. The highest BCUT2D eigenvalue weighted by Gasteiger charge is 2.33. The lowest BCUT2D eigenvalue weighted by atomic mass is 9.79. The van der Waals surface area contributed by atoms with Crippen LogP contribution in [0.1, 0.15) is 32.1 Å². The lowest BCUT2D eigenvalue weighted by molar-refractivity contribution is 0.216. The lowest BCUT2D eigenvalue weighted by Crippen LogP contribution is -2.48. The van der Waals surface area contributed by atoms with Gasteiger partial charge in [-0.15, -0.1) is 11.6 Å². The Bertz CT molecular complexity index is 136. The van der Waals surface area contributed by atoms with Crippen molar-refractivity contribution in [2.75, 3.05) is 6.54 Å². The van der Waals surface area contributed by atoms with E-state index in [0.29, 0.717) is 5.38 Å². The molecular weight excluding hydrogens is 158 g/mol. The van der Waals surface area contributed by atoms with Crippen molar-refractivity contribution in [2.24, 2.45) is 5.92 Å². The molecule has 2 aliphatic rings. The monoisotopic (exact) mass is 173 g/mol. The molecule has 1 saturated carbocycles. The predicted molar refractivity (Wildman–Crippen MR) is 48.0 cm³/mol. The summed E-state index contributed by atoms with van der Waals surface area (Å²) in [5.41, 5.74) is 0. The summed E-state index contributed by atoms with van der Waals surface area (Å²) in [7, 11) is 0. The second-order valence-corrected chi connectivity index (χ2v) is 4.37. The standard InChI is InChI=1S/C9H16ClN/c10-8-5-6-11-9-4-2-1-3-7(8)9/h7-9,11H,1-6H2/t7-,8-,9+/m0/s1. The number of hydrogen-bond donors (Lipinski definition) is 1. The molecule has 0 aromatic rings. The van der Waals surface area contributed by atoms with Crippen molar-refractivity contribution in [3.8, 4) is 0 Å². The van der Waals surface area contributed by atoms with E-state index in [0.717, 1.165) is 18.5 Å². The van der Waals surface area contributed by atoms with E-state index in [1.807, 2.05) is 0 Å². The van der Waals surface area contributed by atoms with Gasteiger partial charge in [-0.05, 0) is 31.7 Å². The number of hydrogen-bond acceptors (Lipinski definition) is 1. The zero-order valence-electron chi connectivity index (χ0n) is 6.85. The fourth-order valence-electron chi connectivity index (χ4n) is 2.47. The number of fused-ring (bicyclic) bond motifs is 1. The number of rotatable bonds is 0. The molecule has 1 heterocycles.